The summed E-state index contributed by atoms with van der Waals surface area (Å²) in [6, 6.07) is 3.50. The Morgan fingerprint density at radius 1 is 1.08 bits per heavy atom. The zero-order valence-electron chi connectivity index (χ0n) is 15.3. The third-order valence-electron chi connectivity index (χ3n) is 4.49. The lowest BCUT2D eigenvalue weighted by Gasteiger charge is -2.32. The van der Waals surface area contributed by atoms with Gasteiger partial charge >= 0.3 is 5.97 Å². The normalized spacial score (nSPS) is 17.4. The molecule has 1 amide bonds. The number of rotatable bonds is 5. The van der Waals surface area contributed by atoms with Crippen molar-refractivity contribution in [2.75, 3.05) is 35.5 Å². The highest BCUT2D eigenvalue weighted by Crippen LogP contribution is 2.44. The van der Waals surface area contributed by atoms with Crippen LogP contribution in [0.25, 0.3) is 0 Å². The third kappa shape index (κ3) is 3.26. The molecule has 0 aliphatic carbocycles. The first-order chi connectivity index (χ1) is 11.9. The molecule has 1 atom stereocenters. The summed E-state index contributed by atoms with van der Waals surface area (Å²) >= 11 is 0. The van der Waals surface area contributed by atoms with Gasteiger partial charge in [-0.2, -0.15) is 0 Å². The number of methoxy groups -OCH3 is 4. The fourth-order valence-corrected chi connectivity index (χ4v) is 3.02. The summed E-state index contributed by atoms with van der Waals surface area (Å²) in [5, 5.41) is 0. The molecular formula is C18H23NO6. The summed E-state index contributed by atoms with van der Waals surface area (Å²) in [6.07, 6.45) is 0.150. The lowest BCUT2D eigenvalue weighted by atomic mass is 9.83. The van der Waals surface area contributed by atoms with Crippen LogP contribution in [0.4, 0.5) is 0 Å². The van der Waals surface area contributed by atoms with Crippen molar-refractivity contribution in [2.24, 2.45) is 0 Å². The second kappa shape index (κ2) is 7.46. The van der Waals surface area contributed by atoms with Crippen molar-refractivity contribution in [3.63, 3.8) is 0 Å². The summed E-state index contributed by atoms with van der Waals surface area (Å²) < 4.78 is 21.0. The van der Waals surface area contributed by atoms with E-state index in [1.54, 1.807) is 26.1 Å². The molecule has 1 aromatic rings. The molecule has 2 rings (SSSR count). The first-order valence-electron chi connectivity index (χ1n) is 7.75. The molecular weight excluding hydrogens is 326 g/mol. The first kappa shape index (κ1) is 18.6. The number of carbonyl (C=O) groups is 2. The Hall–Kier alpha value is -2.70. The second-order valence-corrected chi connectivity index (χ2v) is 5.66. The first-order valence-corrected chi connectivity index (χ1v) is 7.75. The van der Waals surface area contributed by atoms with Crippen LogP contribution in [-0.2, 0) is 14.3 Å². The molecule has 0 fully saturated rings. The van der Waals surface area contributed by atoms with Crippen molar-refractivity contribution in [2.45, 2.75) is 19.3 Å². The molecule has 0 spiro atoms. The summed E-state index contributed by atoms with van der Waals surface area (Å²) in [5.41, 5.74) is 1.73. The number of ether oxygens (including phenoxy) is 4. The summed E-state index contributed by atoms with van der Waals surface area (Å²) in [7, 11) is 7.52. The fraction of sp³-hybridized carbons (Fsp3) is 0.444. The highest BCUT2D eigenvalue weighted by molar-refractivity contribution is 5.95. The van der Waals surface area contributed by atoms with Crippen LogP contribution >= 0.6 is 0 Å². The largest absolute Gasteiger partial charge is 0.493 e. The lowest BCUT2D eigenvalue weighted by molar-refractivity contribution is -0.137. The van der Waals surface area contributed by atoms with Gasteiger partial charge in [0.05, 0.1) is 34.0 Å². The van der Waals surface area contributed by atoms with Gasteiger partial charge in [0, 0.05) is 25.1 Å². The lowest BCUT2D eigenvalue weighted by Crippen LogP contribution is -2.35. The van der Waals surface area contributed by atoms with Crippen LogP contribution in [0.5, 0.6) is 17.2 Å². The van der Waals surface area contributed by atoms with Crippen LogP contribution in [0.15, 0.2) is 23.4 Å². The fourth-order valence-electron chi connectivity index (χ4n) is 3.02. The van der Waals surface area contributed by atoms with Crippen LogP contribution in [0, 0.1) is 0 Å². The van der Waals surface area contributed by atoms with Gasteiger partial charge in [-0.25, -0.2) is 4.79 Å². The van der Waals surface area contributed by atoms with Gasteiger partial charge in [-0.15, -0.1) is 0 Å². The van der Waals surface area contributed by atoms with E-state index >= 15 is 0 Å². The van der Waals surface area contributed by atoms with E-state index in [4.69, 9.17) is 18.9 Å². The van der Waals surface area contributed by atoms with Crippen molar-refractivity contribution < 1.29 is 28.5 Å². The van der Waals surface area contributed by atoms with E-state index in [0.29, 0.717) is 28.5 Å². The molecule has 1 aliphatic rings. The number of hydrogen-bond acceptors (Lipinski definition) is 6. The number of amides is 1. The zero-order valence-corrected chi connectivity index (χ0v) is 15.3. The molecule has 1 aliphatic heterocycles. The maximum atomic E-state index is 12.3. The number of carbonyl (C=O) groups excluding carboxylic acids is 2. The molecule has 0 unspecified atom stereocenters. The Morgan fingerprint density at radius 2 is 1.64 bits per heavy atom. The molecule has 7 heteroatoms. The number of hydrogen-bond donors (Lipinski definition) is 0. The number of allylic oxidation sites excluding steroid dienone is 1. The molecule has 0 saturated carbocycles. The van der Waals surface area contributed by atoms with Crippen molar-refractivity contribution in [3.8, 4) is 17.2 Å². The SMILES string of the molecule is COC(=O)C1=C(C)N(C)C(=O)C[C@H]1c1cc(OC)c(OC)c(OC)c1. The number of nitrogens with zero attached hydrogens (tertiary/aromatic N) is 1. The average Bonchev–Trinajstić information content (AvgIpc) is 2.63. The summed E-state index contributed by atoms with van der Waals surface area (Å²) in [6.45, 7) is 1.73. The van der Waals surface area contributed by atoms with E-state index in [1.807, 2.05) is 0 Å². The Balaban J connectivity index is 2.66. The highest BCUT2D eigenvalue weighted by atomic mass is 16.5. The van der Waals surface area contributed by atoms with Crippen molar-refractivity contribution in [3.05, 3.63) is 29.0 Å². The highest BCUT2D eigenvalue weighted by Gasteiger charge is 2.36. The van der Waals surface area contributed by atoms with Gasteiger partial charge in [-0.05, 0) is 24.6 Å². The van der Waals surface area contributed by atoms with Crippen LogP contribution in [-0.4, -0.2) is 52.3 Å². The predicted molar refractivity (Wildman–Crippen MR) is 90.9 cm³/mol. The monoisotopic (exact) mass is 349 g/mol. The molecule has 0 bridgehead atoms. The minimum absolute atomic E-state index is 0.0797. The van der Waals surface area contributed by atoms with Crippen LogP contribution in [0.2, 0.25) is 0 Å². The van der Waals surface area contributed by atoms with Gasteiger partial charge in [0.1, 0.15) is 0 Å². The Morgan fingerprint density at radius 3 is 2.08 bits per heavy atom. The van der Waals surface area contributed by atoms with Gasteiger partial charge in [0.25, 0.3) is 0 Å². The van der Waals surface area contributed by atoms with Crippen molar-refractivity contribution in [1.82, 2.24) is 4.90 Å². The van der Waals surface area contributed by atoms with Gasteiger partial charge in [-0.3, -0.25) is 4.79 Å². The number of benzene rings is 1. The smallest absolute Gasteiger partial charge is 0.336 e. The maximum absolute atomic E-state index is 12.3. The van der Waals surface area contributed by atoms with Gasteiger partial charge in [0.2, 0.25) is 11.7 Å². The van der Waals surface area contributed by atoms with E-state index in [2.05, 4.69) is 0 Å². The van der Waals surface area contributed by atoms with E-state index in [-0.39, 0.29) is 12.3 Å². The van der Waals surface area contributed by atoms with E-state index in [0.717, 1.165) is 5.56 Å². The maximum Gasteiger partial charge on any atom is 0.336 e. The molecule has 136 valence electrons. The second-order valence-electron chi connectivity index (χ2n) is 5.66. The van der Waals surface area contributed by atoms with Crippen molar-refractivity contribution >= 4 is 11.9 Å². The molecule has 0 saturated heterocycles. The molecule has 0 N–H and O–H groups in total. The van der Waals surface area contributed by atoms with E-state index < -0.39 is 11.9 Å². The predicted octanol–water partition coefficient (Wildman–Crippen LogP) is 2.11. The van der Waals surface area contributed by atoms with Crippen LogP contribution in [0.3, 0.4) is 0 Å². The Labute approximate surface area is 147 Å². The third-order valence-corrected chi connectivity index (χ3v) is 4.49. The zero-order chi connectivity index (χ0) is 18.7. The molecule has 7 nitrogen and oxygen atoms in total. The van der Waals surface area contributed by atoms with Crippen LogP contribution < -0.4 is 14.2 Å². The molecule has 1 aromatic carbocycles. The summed E-state index contributed by atoms with van der Waals surface area (Å²) in [5.74, 6) is 0.382. The van der Waals surface area contributed by atoms with E-state index in [9.17, 15) is 9.59 Å². The van der Waals surface area contributed by atoms with Gasteiger partial charge in [-0.1, -0.05) is 0 Å². The number of esters is 1. The van der Waals surface area contributed by atoms with Gasteiger partial charge < -0.3 is 23.8 Å². The molecule has 1 heterocycles. The minimum Gasteiger partial charge on any atom is -0.493 e. The average molecular weight is 349 g/mol. The van der Waals surface area contributed by atoms with Gasteiger partial charge in [0.15, 0.2) is 11.5 Å². The minimum atomic E-state index is -0.462. The van der Waals surface area contributed by atoms with Crippen molar-refractivity contribution in [1.29, 1.82) is 0 Å². The standard InChI is InChI=1S/C18H23NO6/c1-10-16(18(21)25-6)12(9-15(20)19(10)2)11-7-13(22-3)17(24-5)14(8-11)23-4/h7-8,12H,9H2,1-6H3/t12-/m0/s1. The quantitative estimate of drug-likeness (QED) is 0.758. The van der Waals surface area contributed by atoms with E-state index in [1.165, 1.54) is 33.3 Å². The molecule has 0 radical (unpaired) electrons. The Bertz CT molecular complexity index is 699. The molecule has 25 heavy (non-hydrogen) atoms. The van der Waals surface area contributed by atoms with Crippen LogP contribution in [0.1, 0.15) is 24.8 Å². The molecule has 0 aromatic heterocycles. The topological polar surface area (TPSA) is 74.3 Å². The Kier molecular flexibility index (Phi) is 5.56. The summed E-state index contributed by atoms with van der Waals surface area (Å²) in [4.78, 5) is 26.1.